The van der Waals surface area contributed by atoms with E-state index < -0.39 is 0 Å². The van der Waals surface area contributed by atoms with Gasteiger partial charge in [0.2, 0.25) is 0 Å². The average molecular weight is 247 g/mol. The Kier molecular flexibility index (Phi) is 3.94. The first kappa shape index (κ1) is 12.6. The summed E-state index contributed by atoms with van der Waals surface area (Å²) in [5.74, 6) is 1.61. The number of aryl methyl sites for hydroxylation is 2. The van der Waals surface area contributed by atoms with Gasteiger partial charge in [0.05, 0.1) is 12.8 Å². The first-order valence-corrected chi connectivity index (χ1v) is 5.91. The predicted molar refractivity (Wildman–Crippen MR) is 68.1 cm³/mol. The maximum Gasteiger partial charge on any atom is 0.142 e. The minimum Gasteiger partial charge on any atom is -0.495 e. The van der Waals surface area contributed by atoms with Gasteiger partial charge >= 0.3 is 0 Å². The standard InChI is InChI=1S/C13H17N3O2/c1-10-5-6-12(18-2)11(8-10)16-9-14-15-13(16)4-3-7-17/h5-6,8-9,17H,3-4,7H2,1-2H3. The lowest BCUT2D eigenvalue weighted by Gasteiger charge is -2.11. The Bertz CT molecular complexity index is 523. The topological polar surface area (TPSA) is 60.2 Å². The number of aliphatic hydroxyl groups is 1. The molecule has 96 valence electrons. The molecule has 0 saturated carbocycles. The van der Waals surface area contributed by atoms with Crippen LogP contribution in [-0.2, 0) is 6.42 Å². The Hall–Kier alpha value is -1.88. The van der Waals surface area contributed by atoms with Crippen LogP contribution < -0.4 is 4.74 Å². The first-order chi connectivity index (χ1) is 8.76. The highest BCUT2D eigenvalue weighted by Crippen LogP contribution is 2.24. The Morgan fingerprint density at radius 2 is 2.22 bits per heavy atom. The molecule has 5 heteroatoms. The molecule has 2 aromatic rings. The van der Waals surface area contributed by atoms with Crippen LogP contribution in [0.25, 0.3) is 5.69 Å². The normalized spacial score (nSPS) is 10.6. The highest BCUT2D eigenvalue weighted by molar-refractivity contribution is 5.49. The van der Waals surface area contributed by atoms with E-state index in [1.165, 1.54) is 0 Å². The maximum atomic E-state index is 8.89. The second-order valence-electron chi connectivity index (χ2n) is 4.12. The van der Waals surface area contributed by atoms with Crippen LogP contribution in [0, 0.1) is 6.92 Å². The van der Waals surface area contributed by atoms with Crippen molar-refractivity contribution in [1.82, 2.24) is 14.8 Å². The smallest absolute Gasteiger partial charge is 0.142 e. The Morgan fingerprint density at radius 3 is 2.94 bits per heavy atom. The van der Waals surface area contributed by atoms with Crippen LogP contribution >= 0.6 is 0 Å². The fourth-order valence-electron chi connectivity index (χ4n) is 1.86. The second-order valence-corrected chi connectivity index (χ2v) is 4.12. The molecule has 0 aliphatic heterocycles. The van der Waals surface area contributed by atoms with Gasteiger partial charge in [-0.15, -0.1) is 10.2 Å². The SMILES string of the molecule is COc1ccc(C)cc1-n1cnnc1CCCO. The highest BCUT2D eigenvalue weighted by atomic mass is 16.5. The molecular formula is C13H17N3O2. The lowest BCUT2D eigenvalue weighted by molar-refractivity contribution is 0.287. The van der Waals surface area contributed by atoms with Gasteiger partial charge in [-0.3, -0.25) is 4.57 Å². The monoisotopic (exact) mass is 247 g/mol. The second kappa shape index (κ2) is 5.64. The molecule has 0 radical (unpaired) electrons. The number of ether oxygens (including phenoxy) is 1. The van der Waals surface area contributed by atoms with Crippen molar-refractivity contribution in [1.29, 1.82) is 0 Å². The lowest BCUT2D eigenvalue weighted by atomic mass is 10.2. The third kappa shape index (κ3) is 2.51. The van der Waals surface area contributed by atoms with Crippen LogP contribution in [-0.4, -0.2) is 33.6 Å². The molecule has 1 N–H and O–H groups in total. The molecule has 1 aromatic heterocycles. The van der Waals surface area contributed by atoms with E-state index in [2.05, 4.69) is 10.2 Å². The van der Waals surface area contributed by atoms with Crippen LogP contribution in [0.15, 0.2) is 24.5 Å². The van der Waals surface area contributed by atoms with E-state index in [4.69, 9.17) is 9.84 Å². The molecular weight excluding hydrogens is 230 g/mol. The Labute approximate surface area is 106 Å². The third-order valence-electron chi connectivity index (χ3n) is 2.77. The number of methoxy groups -OCH3 is 1. The summed E-state index contributed by atoms with van der Waals surface area (Å²) in [5, 5.41) is 16.9. The van der Waals surface area contributed by atoms with Gasteiger partial charge in [-0.25, -0.2) is 0 Å². The molecule has 1 heterocycles. The molecule has 1 aromatic carbocycles. The lowest BCUT2D eigenvalue weighted by Crippen LogP contribution is -2.04. The number of hydrogen-bond donors (Lipinski definition) is 1. The van der Waals surface area contributed by atoms with E-state index >= 15 is 0 Å². The van der Waals surface area contributed by atoms with Gasteiger partial charge in [0, 0.05) is 13.0 Å². The van der Waals surface area contributed by atoms with Crippen LogP contribution in [0.2, 0.25) is 0 Å². The molecule has 5 nitrogen and oxygen atoms in total. The largest absolute Gasteiger partial charge is 0.495 e. The number of aromatic nitrogens is 3. The minimum absolute atomic E-state index is 0.151. The van der Waals surface area contributed by atoms with Gasteiger partial charge in [-0.1, -0.05) is 6.07 Å². The van der Waals surface area contributed by atoms with Gasteiger partial charge in [0.15, 0.2) is 0 Å². The number of hydrogen-bond acceptors (Lipinski definition) is 4. The van der Waals surface area contributed by atoms with Crippen molar-refractivity contribution in [2.45, 2.75) is 19.8 Å². The molecule has 18 heavy (non-hydrogen) atoms. The fraction of sp³-hybridized carbons (Fsp3) is 0.385. The summed E-state index contributed by atoms with van der Waals surface area (Å²) < 4.78 is 7.26. The number of nitrogens with zero attached hydrogens (tertiary/aromatic N) is 3. The summed E-state index contributed by atoms with van der Waals surface area (Å²) in [4.78, 5) is 0. The molecule has 0 saturated heterocycles. The highest BCUT2D eigenvalue weighted by Gasteiger charge is 2.10. The quantitative estimate of drug-likeness (QED) is 0.870. The van der Waals surface area contributed by atoms with Gasteiger partial charge in [-0.2, -0.15) is 0 Å². The number of rotatable bonds is 5. The number of aliphatic hydroxyl groups excluding tert-OH is 1. The van der Waals surface area contributed by atoms with Crippen molar-refractivity contribution in [2.24, 2.45) is 0 Å². The summed E-state index contributed by atoms with van der Waals surface area (Å²) in [6.07, 6.45) is 3.03. The average Bonchev–Trinajstić information content (AvgIpc) is 2.84. The molecule has 0 spiro atoms. The fourth-order valence-corrected chi connectivity index (χ4v) is 1.86. The molecule has 0 aliphatic carbocycles. The molecule has 0 amide bonds. The summed E-state index contributed by atoms with van der Waals surface area (Å²) in [7, 11) is 1.64. The zero-order valence-electron chi connectivity index (χ0n) is 10.6. The van der Waals surface area contributed by atoms with E-state index in [9.17, 15) is 0 Å². The van der Waals surface area contributed by atoms with E-state index in [1.807, 2.05) is 29.7 Å². The number of benzene rings is 1. The van der Waals surface area contributed by atoms with Crippen LogP contribution in [0.1, 0.15) is 17.8 Å². The zero-order chi connectivity index (χ0) is 13.0. The van der Waals surface area contributed by atoms with E-state index in [-0.39, 0.29) is 6.61 Å². The van der Waals surface area contributed by atoms with Crippen molar-refractivity contribution < 1.29 is 9.84 Å². The van der Waals surface area contributed by atoms with E-state index in [1.54, 1.807) is 13.4 Å². The van der Waals surface area contributed by atoms with E-state index in [0.717, 1.165) is 22.8 Å². The van der Waals surface area contributed by atoms with Gasteiger partial charge in [0.1, 0.15) is 17.9 Å². The Morgan fingerprint density at radius 1 is 1.39 bits per heavy atom. The van der Waals surface area contributed by atoms with Crippen molar-refractivity contribution in [3.63, 3.8) is 0 Å². The molecule has 0 aliphatic rings. The summed E-state index contributed by atoms with van der Waals surface area (Å²) in [6, 6.07) is 5.96. The predicted octanol–water partition coefficient (Wildman–Crippen LogP) is 1.51. The van der Waals surface area contributed by atoms with Crippen molar-refractivity contribution >= 4 is 0 Å². The molecule has 0 bridgehead atoms. The minimum atomic E-state index is 0.151. The van der Waals surface area contributed by atoms with Gasteiger partial charge < -0.3 is 9.84 Å². The zero-order valence-corrected chi connectivity index (χ0v) is 10.6. The molecule has 0 fully saturated rings. The summed E-state index contributed by atoms with van der Waals surface area (Å²) >= 11 is 0. The van der Waals surface area contributed by atoms with Crippen molar-refractivity contribution in [2.75, 3.05) is 13.7 Å². The Balaban J connectivity index is 2.41. The van der Waals surface area contributed by atoms with Crippen LogP contribution in [0.4, 0.5) is 0 Å². The van der Waals surface area contributed by atoms with Crippen molar-refractivity contribution in [3.8, 4) is 11.4 Å². The maximum absolute atomic E-state index is 8.89. The summed E-state index contributed by atoms with van der Waals surface area (Å²) in [6.45, 7) is 2.18. The first-order valence-electron chi connectivity index (χ1n) is 5.91. The van der Waals surface area contributed by atoms with E-state index in [0.29, 0.717) is 12.8 Å². The summed E-state index contributed by atoms with van der Waals surface area (Å²) in [5.41, 5.74) is 2.07. The molecule has 2 rings (SSSR count). The molecule has 0 unspecified atom stereocenters. The third-order valence-corrected chi connectivity index (χ3v) is 2.77. The van der Waals surface area contributed by atoms with Crippen LogP contribution in [0.3, 0.4) is 0 Å². The van der Waals surface area contributed by atoms with Crippen molar-refractivity contribution in [3.05, 3.63) is 35.9 Å². The van der Waals surface area contributed by atoms with Gasteiger partial charge in [-0.05, 0) is 31.0 Å². The van der Waals surface area contributed by atoms with Gasteiger partial charge in [0.25, 0.3) is 0 Å². The molecule has 0 atom stereocenters. The van der Waals surface area contributed by atoms with Crippen LogP contribution in [0.5, 0.6) is 5.75 Å².